The van der Waals surface area contributed by atoms with Gasteiger partial charge in [-0.1, -0.05) is 11.6 Å². The molecular weight excluding hydrogens is 235 g/mol. The van der Waals surface area contributed by atoms with Crippen molar-refractivity contribution >= 4 is 23.2 Å². The molecule has 2 aromatic heterocycles. The van der Waals surface area contributed by atoms with Gasteiger partial charge in [-0.3, -0.25) is 0 Å². The summed E-state index contributed by atoms with van der Waals surface area (Å²) >= 11 is 11.5. The first-order valence-electron chi connectivity index (χ1n) is 4.30. The van der Waals surface area contributed by atoms with Crippen LogP contribution in [-0.2, 0) is 0 Å². The van der Waals surface area contributed by atoms with Crippen molar-refractivity contribution in [2.24, 2.45) is 0 Å². The van der Waals surface area contributed by atoms with Crippen molar-refractivity contribution in [1.82, 2.24) is 19.7 Å². The summed E-state index contributed by atoms with van der Waals surface area (Å²) < 4.78 is 1.68. The fourth-order valence-electron chi connectivity index (χ4n) is 1.35. The van der Waals surface area contributed by atoms with Gasteiger partial charge in [0.15, 0.2) is 5.82 Å². The van der Waals surface area contributed by atoms with Gasteiger partial charge in [0, 0.05) is 11.8 Å². The van der Waals surface area contributed by atoms with Gasteiger partial charge in [0.2, 0.25) is 5.28 Å². The van der Waals surface area contributed by atoms with Crippen LogP contribution in [0.3, 0.4) is 0 Å². The fraction of sp³-hybridized carbons (Fsp3) is 0.222. The van der Waals surface area contributed by atoms with Crippen molar-refractivity contribution in [3.05, 3.63) is 34.0 Å². The molecule has 78 valence electrons. The fourth-order valence-corrected chi connectivity index (χ4v) is 1.75. The third kappa shape index (κ3) is 2.11. The van der Waals surface area contributed by atoms with Gasteiger partial charge in [-0.25, -0.2) is 9.67 Å². The summed E-state index contributed by atoms with van der Waals surface area (Å²) in [6.45, 7) is 3.85. The highest BCUT2D eigenvalue weighted by molar-refractivity contribution is 6.31. The van der Waals surface area contributed by atoms with Crippen LogP contribution in [0.15, 0.2) is 12.1 Å². The lowest BCUT2D eigenvalue weighted by Crippen LogP contribution is -2.03. The summed E-state index contributed by atoms with van der Waals surface area (Å²) in [4.78, 5) is 7.82. The Balaban J connectivity index is 2.58. The number of halogens is 2. The van der Waals surface area contributed by atoms with Gasteiger partial charge in [0.1, 0.15) is 5.15 Å². The molecule has 0 aliphatic rings. The molecule has 0 saturated heterocycles. The van der Waals surface area contributed by atoms with E-state index in [9.17, 15) is 0 Å². The molecule has 2 aromatic rings. The third-order valence-corrected chi connectivity index (χ3v) is 2.24. The second-order valence-corrected chi connectivity index (χ2v) is 3.88. The predicted octanol–water partition coefficient (Wildman–Crippen LogP) is 2.59. The maximum absolute atomic E-state index is 5.78. The highest BCUT2D eigenvalue weighted by Gasteiger charge is 2.07. The molecule has 0 aromatic carbocycles. The molecule has 0 aliphatic carbocycles. The van der Waals surface area contributed by atoms with Crippen molar-refractivity contribution in [3.8, 4) is 5.82 Å². The molecule has 15 heavy (non-hydrogen) atoms. The summed E-state index contributed by atoms with van der Waals surface area (Å²) in [6.07, 6.45) is 0. The van der Waals surface area contributed by atoms with Gasteiger partial charge in [0.25, 0.3) is 0 Å². The summed E-state index contributed by atoms with van der Waals surface area (Å²) in [7, 11) is 0. The maximum atomic E-state index is 5.78. The van der Waals surface area contributed by atoms with E-state index < -0.39 is 0 Å². The van der Waals surface area contributed by atoms with Crippen LogP contribution in [0.4, 0.5) is 0 Å². The van der Waals surface area contributed by atoms with Crippen LogP contribution < -0.4 is 0 Å². The zero-order valence-corrected chi connectivity index (χ0v) is 9.71. The minimum Gasteiger partial charge on any atom is -0.219 e. The van der Waals surface area contributed by atoms with Crippen molar-refractivity contribution in [1.29, 1.82) is 0 Å². The number of hydrogen-bond acceptors (Lipinski definition) is 3. The molecule has 4 nitrogen and oxygen atoms in total. The van der Waals surface area contributed by atoms with E-state index >= 15 is 0 Å². The molecule has 0 unspecified atom stereocenters. The zero-order chi connectivity index (χ0) is 11.0. The van der Waals surface area contributed by atoms with E-state index in [-0.39, 0.29) is 5.28 Å². The van der Waals surface area contributed by atoms with E-state index in [0.717, 1.165) is 11.4 Å². The quantitative estimate of drug-likeness (QED) is 0.571. The standard InChI is InChI=1S/C9H8Cl2N4/c1-5-3-6(2)15(14-5)8-4-7(10)12-9(11)13-8/h3-4H,1-2H3. The average molecular weight is 243 g/mol. The molecule has 0 N–H and O–H groups in total. The van der Waals surface area contributed by atoms with E-state index in [1.807, 2.05) is 19.9 Å². The number of rotatable bonds is 1. The van der Waals surface area contributed by atoms with Crippen molar-refractivity contribution < 1.29 is 0 Å². The highest BCUT2D eigenvalue weighted by atomic mass is 35.5. The van der Waals surface area contributed by atoms with Gasteiger partial charge < -0.3 is 0 Å². The van der Waals surface area contributed by atoms with Crippen LogP contribution in [0, 0.1) is 13.8 Å². The number of aromatic nitrogens is 4. The van der Waals surface area contributed by atoms with E-state index in [4.69, 9.17) is 23.2 Å². The lowest BCUT2D eigenvalue weighted by Gasteiger charge is -2.03. The number of hydrogen-bond donors (Lipinski definition) is 0. The Bertz CT molecular complexity index is 487. The Kier molecular flexibility index (Phi) is 2.63. The predicted molar refractivity (Wildman–Crippen MR) is 58.6 cm³/mol. The average Bonchev–Trinajstić information content (AvgIpc) is 2.43. The van der Waals surface area contributed by atoms with Crippen LogP contribution in [0.2, 0.25) is 10.4 Å². The van der Waals surface area contributed by atoms with Crippen LogP contribution in [0.1, 0.15) is 11.4 Å². The van der Waals surface area contributed by atoms with E-state index in [0.29, 0.717) is 11.0 Å². The van der Waals surface area contributed by atoms with Gasteiger partial charge in [-0.05, 0) is 31.5 Å². The molecule has 0 atom stereocenters. The summed E-state index contributed by atoms with van der Waals surface area (Å²) in [5, 5.41) is 4.69. The Morgan fingerprint density at radius 3 is 2.40 bits per heavy atom. The molecule has 0 saturated carbocycles. The highest BCUT2D eigenvalue weighted by Crippen LogP contribution is 2.15. The second kappa shape index (κ2) is 3.79. The maximum Gasteiger partial charge on any atom is 0.225 e. The molecule has 0 bridgehead atoms. The monoisotopic (exact) mass is 242 g/mol. The van der Waals surface area contributed by atoms with E-state index in [2.05, 4.69) is 15.1 Å². The Hall–Kier alpha value is -1.13. The van der Waals surface area contributed by atoms with Crippen LogP contribution in [0.25, 0.3) is 5.82 Å². The van der Waals surface area contributed by atoms with Crippen molar-refractivity contribution in [2.45, 2.75) is 13.8 Å². The molecule has 2 rings (SSSR count). The van der Waals surface area contributed by atoms with Crippen molar-refractivity contribution in [3.63, 3.8) is 0 Å². The summed E-state index contributed by atoms with van der Waals surface area (Å²) in [5.74, 6) is 0.575. The molecule has 0 radical (unpaired) electrons. The molecule has 2 heterocycles. The molecule has 6 heteroatoms. The van der Waals surface area contributed by atoms with E-state index in [1.54, 1.807) is 10.7 Å². The Labute approximate surface area is 96.9 Å². The number of nitrogens with zero attached hydrogens (tertiary/aromatic N) is 4. The number of aryl methyl sites for hydroxylation is 2. The van der Waals surface area contributed by atoms with Gasteiger partial charge in [-0.15, -0.1) is 0 Å². The topological polar surface area (TPSA) is 43.6 Å². The Morgan fingerprint density at radius 1 is 1.13 bits per heavy atom. The zero-order valence-electron chi connectivity index (χ0n) is 8.20. The van der Waals surface area contributed by atoms with Gasteiger partial charge in [-0.2, -0.15) is 10.1 Å². The van der Waals surface area contributed by atoms with Gasteiger partial charge in [0.05, 0.1) is 5.69 Å². The molecule has 0 fully saturated rings. The lowest BCUT2D eigenvalue weighted by molar-refractivity contribution is 0.801. The molecule has 0 spiro atoms. The Morgan fingerprint density at radius 2 is 1.87 bits per heavy atom. The summed E-state index contributed by atoms with van der Waals surface area (Å²) in [5.41, 5.74) is 1.89. The van der Waals surface area contributed by atoms with E-state index in [1.165, 1.54) is 0 Å². The van der Waals surface area contributed by atoms with Crippen LogP contribution >= 0.6 is 23.2 Å². The molecular formula is C9H8Cl2N4. The smallest absolute Gasteiger partial charge is 0.219 e. The van der Waals surface area contributed by atoms with Crippen molar-refractivity contribution in [2.75, 3.05) is 0 Å². The third-order valence-electron chi connectivity index (χ3n) is 1.88. The molecule has 0 aliphatic heterocycles. The first-order chi connectivity index (χ1) is 7.06. The minimum atomic E-state index is 0.116. The molecule has 0 amide bonds. The van der Waals surface area contributed by atoms with Crippen LogP contribution in [-0.4, -0.2) is 19.7 Å². The minimum absolute atomic E-state index is 0.116. The second-order valence-electron chi connectivity index (χ2n) is 3.16. The first-order valence-corrected chi connectivity index (χ1v) is 5.05. The first kappa shape index (κ1) is 10.4. The lowest BCUT2D eigenvalue weighted by atomic mass is 10.4. The summed E-state index contributed by atoms with van der Waals surface area (Å²) in [6, 6.07) is 3.57. The van der Waals surface area contributed by atoms with Gasteiger partial charge >= 0.3 is 0 Å². The normalized spacial score (nSPS) is 10.7. The SMILES string of the molecule is Cc1cc(C)n(-c2cc(Cl)nc(Cl)n2)n1. The largest absolute Gasteiger partial charge is 0.225 e. The van der Waals surface area contributed by atoms with Crippen LogP contribution in [0.5, 0.6) is 0 Å².